The summed E-state index contributed by atoms with van der Waals surface area (Å²) < 4.78 is 1.28. The number of benzene rings is 1. The van der Waals surface area contributed by atoms with E-state index >= 15 is 0 Å². The van der Waals surface area contributed by atoms with Crippen molar-refractivity contribution in [2.24, 2.45) is 0 Å². The Morgan fingerprint density at radius 2 is 1.95 bits per heavy atom. The number of fused-ring (bicyclic) bond motifs is 1. The number of anilines is 2. The molecule has 19 heavy (non-hydrogen) atoms. The summed E-state index contributed by atoms with van der Waals surface area (Å²) in [6, 6.07) is 8.37. The van der Waals surface area contributed by atoms with Crippen LogP contribution in [0.4, 0.5) is 11.5 Å². The monoisotopic (exact) mass is 289 g/mol. The fourth-order valence-corrected chi connectivity index (χ4v) is 2.83. The Morgan fingerprint density at radius 3 is 2.79 bits per heavy atom. The first kappa shape index (κ1) is 12.4. The van der Waals surface area contributed by atoms with E-state index in [-0.39, 0.29) is 0 Å². The second kappa shape index (κ2) is 4.79. The van der Waals surface area contributed by atoms with Crippen LogP contribution in [0.1, 0.15) is 11.1 Å². The van der Waals surface area contributed by atoms with Gasteiger partial charge in [0, 0.05) is 10.4 Å². The Balaban J connectivity index is 1.98. The van der Waals surface area contributed by atoms with Crippen LogP contribution < -0.4 is 5.32 Å². The molecule has 3 nitrogen and oxygen atoms in total. The van der Waals surface area contributed by atoms with Crippen molar-refractivity contribution in [3.8, 4) is 0 Å². The quantitative estimate of drug-likeness (QED) is 0.743. The van der Waals surface area contributed by atoms with Crippen LogP contribution in [0.25, 0.3) is 10.1 Å². The van der Waals surface area contributed by atoms with Crippen molar-refractivity contribution in [2.45, 2.75) is 13.8 Å². The topological polar surface area (TPSA) is 37.8 Å². The maximum Gasteiger partial charge on any atom is 0.156 e. The van der Waals surface area contributed by atoms with E-state index in [1.165, 1.54) is 10.1 Å². The standard InChI is InChI=1S/C14H12ClN3S/c1-8-9(2)14(18-17-13(8)15)16-11-3-4-12-10(7-11)5-6-19-12/h3-7H,1-2H3,(H,16,18). The van der Waals surface area contributed by atoms with Crippen molar-refractivity contribution in [3.63, 3.8) is 0 Å². The van der Waals surface area contributed by atoms with Crippen molar-refractivity contribution in [1.29, 1.82) is 0 Å². The van der Waals surface area contributed by atoms with Gasteiger partial charge in [-0.25, -0.2) is 0 Å². The average molecular weight is 290 g/mol. The lowest BCUT2D eigenvalue weighted by Crippen LogP contribution is -2.01. The molecule has 5 heteroatoms. The number of aromatic nitrogens is 2. The summed E-state index contributed by atoms with van der Waals surface area (Å²) in [7, 11) is 0. The number of rotatable bonds is 2. The average Bonchev–Trinajstić information content (AvgIpc) is 2.87. The summed E-state index contributed by atoms with van der Waals surface area (Å²) in [5.41, 5.74) is 2.98. The van der Waals surface area contributed by atoms with E-state index in [0.29, 0.717) is 5.15 Å². The highest BCUT2D eigenvalue weighted by molar-refractivity contribution is 7.17. The third-order valence-electron chi connectivity index (χ3n) is 3.18. The van der Waals surface area contributed by atoms with E-state index in [0.717, 1.165) is 22.6 Å². The molecular formula is C14H12ClN3S. The molecule has 0 atom stereocenters. The van der Waals surface area contributed by atoms with E-state index < -0.39 is 0 Å². The van der Waals surface area contributed by atoms with Crippen LogP contribution in [-0.2, 0) is 0 Å². The highest BCUT2D eigenvalue weighted by atomic mass is 35.5. The highest BCUT2D eigenvalue weighted by Gasteiger charge is 2.08. The molecule has 0 unspecified atom stereocenters. The number of hydrogen-bond donors (Lipinski definition) is 1. The van der Waals surface area contributed by atoms with Crippen molar-refractivity contribution in [1.82, 2.24) is 10.2 Å². The zero-order valence-corrected chi connectivity index (χ0v) is 12.1. The van der Waals surface area contributed by atoms with Crippen LogP contribution in [0.5, 0.6) is 0 Å². The van der Waals surface area contributed by atoms with E-state index in [9.17, 15) is 0 Å². The Hall–Kier alpha value is -1.65. The van der Waals surface area contributed by atoms with Crippen molar-refractivity contribution in [3.05, 3.63) is 45.9 Å². The van der Waals surface area contributed by atoms with E-state index in [1.807, 2.05) is 19.9 Å². The second-order valence-corrected chi connectivity index (χ2v) is 5.69. The molecule has 3 rings (SSSR count). The van der Waals surface area contributed by atoms with E-state index in [2.05, 4.69) is 39.1 Å². The molecule has 2 heterocycles. The minimum atomic E-state index is 0.455. The zero-order valence-electron chi connectivity index (χ0n) is 10.6. The summed E-state index contributed by atoms with van der Waals surface area (Å²) in [6.07, 6.45) is 0. The molecule has 0 saturated carbocycles. The van der Waals surface area contributed by atoms with Crippen LogP contribution in [0.3, 0.4) is 0 Å². The first-order valence-corrected chi connectivity index (χ1v) is 7.14. The van der Waals surface area contributed by atoms with E-state index in [4.69, 9.17) is 11.6 Å². The molecule has 0 saturated heterocycles. The number of halogens is 1. The molecule has 0 radical (unpaired) electrons. The molecule has 0 aliphatic heterocycles. The Kier molecular flexibility index (Phi) is 3.12. The van der Waals surface area contributed by atoms with Gasteiger partial charge in [0.05, 0.1) is 0 Å². The van der Waals surface area contributed by atoms with Gasteiger partial charge < -0.3 is 5.32 Å². The first-order valence-electron chi connectivity index (χ1n) is 5.89. The molecular weight excluding hydrogens is 278 g/mol. The van der Waals surface area contributed by atoms with Crippen molar-refractivity contribution < 1.29 is 0 Å². The van der Waals surface area contributed by atoms with Gasteiger partial charge in [0.2, 0.25) is 0 Å². The second-order valence-electron chi connectivity index (χ2n) is 4.39. The maximum atomic E-state index is 5.95. The van der Waals surface area contributed by atoms with Crippen LogP contribution in [-0.4, -0.2) is 10.2 Å². The predicted molar refractivity (Wildman–Crippen MR) is 81.6 cm³/mol. The predicted octanol–water partition coefficient (Wildman–Crippen LogP) is 4.71. The molecule has 96 valence electrons. The SMILES string of the molecule is Cc1c(Cl)nnc(Nc2ccc3sccc3c2)c1C. The van der Waals surface area contributed by atoms with Crippen molar-refractivity contribution in [2.75, 3.05) is 5.32 Å². The van der Waals surface area contributed by atoms with Gasteiger partial charge in [-0.3, -0.25) is 0 Å². The first-order chi connectivity index (χ1) is 9.15. The third-order valence-corrected chi connectivity index (χ3v) is 4.44. The van der Waals surface area contributed by atoms with Gasteiger partial charge in [-0.2, -0.15) is 0 Å². The summed E-state index contributed by atoms with van der Waals surface area (Å²) in [4.78, 5) is 0. The minimum absolute atomic E-state index is 0.455. The molecule has 0 aliphatic rings. The molecule has 0 amide bonds. The number of nitrogens with one attached hydrogen (secondary N) is 1. The normalized spacial score (nSPS) is 10.9. The Morgan fingerprint density at radius 1 is 1.11 bits per heavy atom. The van der Waals surface area contributed by atoms with Crippen LogP contribution in [0.2, 0.25) is 5.15 Å². The summed E-state index contributed by atoms with van der Waals surface area (Å²) >= 11 is 7.69. The summed E-state index contributed by atoms with van der Waals surface area (Å²) in [5.74, 6) is 0.747. The smallest absolute Gasteiger partial charge is 0.156 e. The van der Waals surface area contributed by atoms with Gasteiger partial charge in [0.1, 0.15) is 0 Å². The minimum Gasteiger partial charge on any atom is -0.338 e. The molecule has 0 spiro atoms. The fraction of sp³-hybridized carbons (Fsp3) is 0.143. The molecule has 1 aromatic carbocycles. The van der Waals surface area contributed by atoms with Crippen LogP contribution >= 0.6 is 22.9 Å². The molecule has 0 aliphatic carbocycles. The molecule has 0 fully saturated rings. The number of hydrogen-bond acceptors (Lipinski definition) is 4. The molecule has 2 aromatic heterocycles. The van der Waals surface area contributed by atoms with Gasteiger partial charge in [0.15, 0.2) is 11.0 Å². The van der Waals surface area contributed by atoms with Crippen LogP contribution in [0.15, 0.2) is 29.6 Å². The lowest BCUT2D eigenvalue weighted by Gasteiger charge is -2.10. The molecule has 3 aromatic rings. The largest absolute Gasteiger partial charge is 0.338 e. The number of thiophene rings is 1. The van der Waals surface area contributed by atoms with Gasteiger partial charge in [0.25, 0.3) is 0 Å². The lowest BCUT2D eigenvalue weighted by atomic mass is 10.2. The highest BCUT2D eigenvalue weighted by Crippen LogP contribution is 2.27. The summed E-state index contributed by atoms with van der Waals surface area (Å²) in [6.45, 7) is 3.93. The van der Waals surface area contributed by atoms with Gasteiger partial charge in [-0.05, 0) is 60.0 Å². The number of nitrogens with zero attached hydrogens (tertiary/aromatic N) is 2. The summed E-state index contributed by atoms with van der Waals surface area (Å²) in [5, 5.41) is 15.1. The van der Waals surface area contributed by atoms with E-state index in [1.54, 1.807) is 11.3 Å². The maximum absolute atomic E-state index is 5.95. The van der Waals surface area contributed by atoms with Gasteiger partial charge in [-0.15, -0.1) is 21.5 Å². The van der Waals surface area contributed by atoms with Crippen molar-refractivity contribution >= 4 is 44.5 Å². The lowest BCUT2D eigenvalue weighted by molar-refractivity contribution is 1.00. The Bertz CT molecular complexity index is 752. The zero-order chi connectivity index (χ0) is 13.4. The third kappa shape index (κ3) is 2.29. The molecule has 0 bridgehead atoms. The van der Waals surface area contributed by atoms with Gasteiger partial charge >= 0.3 is 0 Å². The fourth-order valence-electron chi connectivity index (χ4n) is 1.88. The van der Waals surface area contributed by atoms with Crippen LogP contribution in [0, 0.1) is 13.8 Å². The van der Waals surface area contributed by atoms with Gasteiger partial charge in [-0.1, -0.05) is 11.6 Å². The Labute approximate surface area is 120 Å². The molecule has 1 N–H and O–H groups in total.